The van der Waals surface area contributed by atoms with Crippen LogP contribution in [0.4, 0.5) is 5.69 Å². The highest BCUT2D eigenvalue weighted by atomic mass is 32.1. The summed E-state index contributed by atoms with van der Waals surface area (Å²) in [4.78, 5) is 15.5. The van der Waals surface area contributed by atoms with E-state index in [-0.39, 0.29) is 11.8 Å². The number of nitro benzene ring substituents is 1. The fourth-order valence-corrected chi connectivity index (χ4v) is 3.04. The van der Waals surface area contributed by atoms with Crippen LogP contribution in [0.3, 0.4) is 0 Å². The molecule has 1 aromatic carbocycles. The van der Waals surface area contributed by atoms with Gasteiger partial charge in [0.05, 0.1) is 9.80 Å². The summed E-state index contributed by atoms with van der Waals surface area (Å²) >= 11 is 1.45. The molecule has 0 N–H and O–H groups in total. The Balaban J connectivity index is 1.95. The van der Waals surface area contributed by atoms with Crippen molar-refractivity contribution >= 4 is 27.1 Å². The third-order valence-electron chi connectivity index (χ3n) is 3.14. The topological polar surface area (TPSA) is 91.3 Å². The van der Waals surface area contributed by atoms with Crippen LogP contribution >= 0.6 is 11.3 Å². The van der Waals surface area contributed by atoms with E-state index >= 15 is 0 Å². The molecule has 3 aromatic rings. The second-order valence-corrected chi connectivity index (χ2v) is 5.73. The van der Waals surface area contributed by atoms with E-state index in [9.17, 15) is 10.1 Å². The minimum Gasteiger partial charge on any atom is -0.371 e. The molecular formula is C14H13N3O4S. The van der Waals surface area contributed by atoms with Crippen LogP contribution in [0, 0.1) is 10.1 Å². The molecule has 0 spiro atoms. The number of aromatic nitrogens is 2. The molecule has 114 valence electrons. The monoisotopic (exact) mass is 319 g/mol. The predicted octanol–water partition coefficient (Wildman–Crippen LogP) is 3.96. The molecule has 0 fully saturated rings. The quantitative estimate of drug-likeness (QED) is 0.522. The summed E-state index contributed by atoms with van der Waals surface area (Å²) in [5.74, 6) is 0.880. The Bertz CT molecular complexity index is 826. The summed E-state index contributed by atoms with van der Waals surface area (Å²) in [6.45, 7) is 4.32. The number of nitro groups is 1. The van der Waals surface area contributed by atoms with E-state index in [1.54, 1.807) is 6.07 Å². The number of benzene rings is 1. The second kappa shape index (κ2) is 5.82. The van der Waals surface area contributed by atoms with E-state index in [4.69, 9.17) is 9.26 Å². The molecule has 0 bridgehead atoms. The van der Waals surface area contributed by atoms with Gasteiger partial charge in [-0.1, -0.05) is 5.16 Å². The number of ether oxygens (including phenoxy) is 1. The Morgan fingerprint density at radius 3 is 3.00 bits per heavy atom. The maximum Gasteiger partial charge on any atom is 0.270 e. The fraction of sp³-hybridized carbons (Fsp3) is 0.286. The number of rotatable bonds is 5. The third kappa shape index (κ3) is 2.70. The Morgan fingerprint density at radius 1 is 1.45 bits per heavy atom. The van der Waals surface area contributed by atoms with Crippen molar-refractivity contribution in [2.45, 2.75) is 20.0 Å². The standard InChI is InChI=1S/C14H13N3O4S/c1-3-20-8(2)13-15-14(21-16-13)12-7-9-6-10(17(18)19)4-5-11(9)22-12/h4-8H,3H2,1-2H3. The van der Waals surface area contributed by atoms with Crippen molar-refractivity contribution in [3.05, 3.63) is 40.2 Å². The summed E-state index contributed by atoms with van der Waals surface area (Å²) < 4.78 is 11.6. The molecule has 1 atom stereocenters. The number of hydrogen-bond acceptors (Lipinski definition) is 7. The van der Waals surface area contributed by atoms with Gasteiger partial charge in [-0.2, -0.15) is 4.98 Å². The van der Waals surface area contributed by atoms with Gasteiger partial charge in [-0.25, -0.2) is 0 Å². The lowest BCUT2D eigenvalue weighted by molar-refractivity contribution is -0.384. The summed E-state index contributed by atoms with van der Waals surface area (Å²) in [5, 5.41) is 15.5. The molecule has 0 aliphatic carbocycles. The molecule has 0 amide bonds. The number of fused-ring (bicyclic) bond motifs is 1. The van der Waals surface area contributed by atoms with Gasteiger partial charge in [-0.3, -0.25) is 10.1 Å². The first-order chi connectivity index (χ1) is 10.6. The number of hydrogen-bond donors (Lipinski definition) is 0. The number of nitrogens with zero attached hydrogens (tertiary/aromatic N) is 3. The molecule has 3 rings (SSSR count). The van der Waals surface area contributed by atoms with Crippen molar-refractivity contribution in [3.63, 3.8) is 0 Å². The zero-order chi connectivity index (χ0) is 15.7. The van der Waals surface area contributed by atoms with Crippen LogP contribution in [0.15, 0.2) is 28.8 Å². The van der Waals surface area contributed by atoms with Gasteiger partial charge in [0, 0.05) is 28.8 Å². The van der Waals surface area contributed by atoms with Crippen LogP contribution < -0.4 is 0 Å². The lowest BCUT2D eigenvalue weighted by Gasteiger charge is -2.04. The molecule has 22 heavy (non-hydrogen) atoms. The molecule has 0 saturated heterocycles. The first-order valence-corrected chi connectivity index (χ1v) is 7.53. The van der Waals surface area contributed by atoms with E-state index in [1.165, 1.54) is 23.5 Å². The lowest BCUT2D eigenvalue weighted by Crippen LogP contribution is -2.01. The van der Waals surface area contributed by atoms with Gasteiger partial charge in [-0.15, -0.1) is 11.3 Å². The van der Waals surface area contributed by atoms with Crippen LogP contribution in [0.25, 0.3) is 20.9 Å². The zero-order valence-electron chi connectivity index (χ0n) is 12.0. The molecule has 0 aliphatic heterocycles. The van der Waals surface area contributed by atoms with Crippen molar-refractivity contribution in [2.75, 3.05) is 6.61 Å². The molecule has 0 saturated carbocycles. The molecular weight excluding hydrogens is 306 g/mol. The van der Waals surface area contributed by atoms with Crippen molar-refractivity contribution in [3.8, 4) is 10.8 Å². The summed E-state index contributed by atoms with van der Waals surface area (Å²) in [6, 6.07) is 6.56. The zero-order valence-corrected chi connectivity index (χ0v) is 12.8. The largest absolute Gasteiger partial charge is 0.371 e. The average Bonchev–Trinajstić information content (AvgIpc) is 3.13. The molecule has 2 heterocycles. The van der Waals surface area contributed by atoms with E-state index in [1.807, 2.05) is 19.9 Å². The first-order valence-electron chi connectivity index (χ1n) is 6.72. The van der Waals surface area contributed by atoms with E-state index in [0.29, 0.717) is 18.3 Å². The van der Waals surface area contributed by atoms with E-state index in [0.717, 1.165) is 15.0 Å². The van der Waals surface area contributed by atoms with Crippen LogP contribution in [0.5, 0.6) is 0 Å². The van der Waals surface area contributed by atoms with Gasteiger partial charge in [-0.05, 0) is 26.0 Å². The average molecular weight is 319 g/mol. The van der Waals surface area contributed by atoms with Gasteiger partial charge in [0.15, 0.2) is 0 Å². The van der Waals surface area contributed by atoms with Crippen LogP contribution in [-0.4, -0.2) is 21.7 Å². The van der Waals surface area contributed by atoms with Crippen molar-refractivity contribution < 1.29 is 14.2 Å². The molecule has 1 unspecified atom stereocenters. The molecule has 2 aromatic heterocycles. The number of non-ortho nitro benzene ring substituents is 1. The van der Waals surface area contributed by atoms with Gasteiger partial charge in [0.1, 0.15) is 6.10 Å². The summed E-state index contributed by atoms with van der Waals surface area (Å²) in [7, 11) is 0. The van der Waals surface area contributed by atoms with Crippen molar-refractivity contribution in [2.24, 2.45) is 0 Å². The minimum atomic E-state index is -0.411. The van der Waals surface area contributed by atoms with Crippen LogP contribution in [0.1, 0.15) is 25.8 Å². The van der Waals surface area contributed by atoms with Gasteiger partial charge in [0.25, 0.3) is 11.6 Å². The highest BCUT2D eigenvalue weighted by Gasteiger charge is 2.17. The summed E-state index contributed by atoms with van der Waals surface area (Å²) in [5.41, 5.74) is 0.0630. The van der Waals surface area contributed by atoms with E-state index < -0.39 is 4.92 Å². The van der Waals surface area contributed by atoms with Gasteiger partial charge in [0.2, 0.25) is 5.82 Å². The smallest absolute Gasteiger partial charge is 0.270 e. The Labute approximate surface area is 129 Å². The number of thiophene rings is 1. The SMILES string of the molecule is CCOC(C)c1noc(-c2cc3cc([N+](=O)[O-])ccc3s2)n1. The highest BCUT2D eigenvalue weighted by Crippen LogP contribution is 2.34. The summed E-state index contributed by atoms with van der Waals surface area (Å²) in [6.07, 6.45) is -0.238. The van der Waals surface area contributed by atoms with Crippen LogP contribution in [-0.2, 0) is 4.74 Å². The molecule has 8 heteroatoms. The molecule has 0 aliphatic rings. The highest BCUT2D eigenvalue weighted by molar-refractivity contribution is 7.22. The first kappa shape index (κ1) is 14.6. The maximum atomic E-state index is 10.8. The van der Waals surface area contributed by atoms with Crippen molar-refractivity contribution in [1.29, 1.82) is 0 Å². The lowest BCUT2D eigenvalue weighted by atomic mass is 10.2. The second-order valence-electron chi connectivity index (χ2n) is 4.65. The molecule has 0 radical (unpaired) electrons. The normalized spacial score (nSPS) is 12.6. The van der Waals surface area contributed by atoms with E-state index in [2.05, 4.69) is 10.1 Å². The van der Waals surface area contributed by atoms with Gasteiger partial charge >= 0.3 is 0 Å². The Morgan fingerprint density at radius 2 is 2.27 bits per heavy atom. The Kier molecular flexibility index (Phi) is 3.86. The fourth-order valence-electron chi connectivity index (χ4n) is 2.07. The predicted molar refractivity (Wildman–Crippen MR) is 81.8 cm³/mol. The Hall–Kier alpha value is -2.32. The molecule has 7 nitrogen and oxygen atoms in total. The van der Waals surface area contributed by atoms with Gasteiger partial charge < -0.3 is 9.26 Å². The van der Waals surface area contributed by atoms with Crippen molar-refractivity contribution in [1.82, 2.24) is 10.1 Å². The maximum absolute atomic E-state index is 10.8. The van der Waals surface area contributed by atoms with Crippen LogP contribution in [0.2, 0.25) is 0 Å². The minimum absolute atomic E-state index is 0.0630. The third-order valence-corrected chi connectivity index (χ3v) is 4.25.